The molecule has 0 aliphatic carbocycles. The first-order valence-electron chi connectivity index (χ1n) is 9.99. The van der Waals surface area contributed by atoms with Crippen molar-refractivity contribution in [1.82, 2.24) is 14.8 Å². The molecule has 0 N–H and O–H groups in total. The third-order valence-electron chi connectivity index (χ3n) is 4.89. The molecule has 1 aliphatic heterocycles. The summed E-state index contributed by atoms with van der Waals surface area (Å²) in [5, 5.41) is 9.51. The van der Waals surface area contributed by atoms with Crippen molar-refractivity contribution in [3.8, 4) is 11.4 Å². The first kappa shape index (κ1) is 20.7. The predicted octanol–water partition coefficient (Wildman–Crippen LogP) is 4.03. The monoisotopic (exact) mass is 428 g/mol. The number of aromatic nitrogens is 3. The number of hydrogen-bond donors (Lipinski definition) is 0. The first-order valence-corrected chi connectivity index (χ1v) is 11.0. The molecule has 0 unspecified atom stereocenters. The van der Waals surface area contributed by atoms with E-state index in [1.54, 1.807) is 17.8 Å². The van der Waals surface area contributed by atoms with Crippen LogP contribution in [0.15, 0.2) is 47.6 Å². The van der Waals surface area contributed by atoms with Gasteiger partial charge in [0.1, 0.15) is 11.6 Å². The van der Waals surface area contributed by atoms with Crippen LogP contribution in [0.4, 0.5) is 10.3 Å². The topological polar surface area (TPSA) is 52.4 Å². The van der Waals surface area contributed by atoms with E-state index in [0.29, 0.717) is 42.4 Å². The van der Waals surface area contributed by atoms with Gasteiger partial charge in [-0.15, -0.1) is 10.2 Å². The van der Waals surface area contributed by atoms with Gasteiger partial charge in [0.05, 0.1) is 25.5 Å². The lowest BCUT2D eigenvalue weighted by molar-refractivity contribution is 0.122. The van der Waals surface area contributed by atoms with Gasteiger partial charge in [0, 0.05) is 18.8 Å². The number of hydrogen-bond acceptors (Lipinski definition) is 6. The van der Waals surface area contributed by atoms with Gasteiger partial charge in [-0.3, -0.25) is 4.57 Å². The van der Waals surface area contributed by atoms with Crippen molar-refractivity contribution in [2.75, 3.05) is 43.6 Å². The molecule has 1 aromatic heterocycles. The molecule has 1 aliphatic rings. The fourth-order valence-electron chi connectivity index (χ4n) is 3.31. The Morgan fingerprint density at radius 1 is 1.10 bits per heavy atom. The summed E-state index contributed by atoms with van der Waals surface area (Å²) in [6.45, 7) is 7.37. The maximum Gasteiger partial charge on any atom is 0.232 e. The Bertz CT molecular complexity index is 1000. The average molecular weight is 429 g/mol. The molecule has 2 aromatic carbocycles. The zero-order valence-electron chi connectivity index (χ0n) is 17.2. The van der Waals surface area contributed by atoms with E-state index >= 15 is 0 Å². The molecule has 158 valence electrons. The number of benzene rings is 2. The molecule has 0 atom stereocenters. The van der Waals surface area contributed by atoms with E-state index in [4.69, 9.17) is 9.47 Å². The van der Waals surface area contributed by atoms with E-state index in [-0.39, 0.29) is 5.82 Å². The SMILES string of the molecule is Cc1ccc(C)c(OCCSc2nnc(N3CCOCC3)n2-c2cccc(F)c2)c1. The summed E-state index contributed by atoms with van der Waals surface area (Å²) >= 11 is 1.55. The van der Waals surface area contributed by atoms with Gasteiger partial charge in [-0.1, -0.05) is 30.0 Å². The highest BCUT2D eigenvalue weighted by atomic mass is 32.2. The van der Waals surface area contributed by atoms with Gasteiger partial charge in [0.25, 0.3) is 0 Å². The number of halogens is 1. The second kappa shape index (κ2) is 9.49. The van der Waals surface area contributed by atoms with E-state index < -0.39 is 0 Å². The number of aryl methyl sites for hydroxylation is 2. The molecule has 0 spiro atoms. The van der Waals surface area contributed by atoms with Gasteiger partial charge in [-0.05, 0) is 49.2 Å². The Labute approximate surface area is 180 Å². The molecule has 3 aromatic rings. The van der Waals surface area contributed by atoms with Crippen LogP contribution >= 0.6 is 11.8 Å². The van der Waals surface area contributed by atoms with Gasteiger partial charge in [-0.2, -0.15) is 0 Å². The number of anilines is 1. The van der Waals surface area contributed by atoms with E-state index in [1.807, 2.05) is 23.6 Å². The lowest BCUT2D eigenvalue weighted by atomic mass is 10.1. The fourth-order valence-corrected chi connectivity index (χ4v) is 4.08. The average Bonchev–Trinajstić information content (AvgIpc) is 3.18. The van der Waals surface area contributed by atoms with Gasteiger partial charge >= 0.3 is 0 Å². The first-order chi connectivity index (χ1) is 14.6. The van der Waals surface area contributed by atoms with Crippen LogP contribution in [-0.2, 0) is 4.74 Å². The molecule has 1 fully saturated rings. The Morgan fingerprint density at radius 2 is 1.93 bits per heavy atom. The van der Waals surface area contributed by atoms with Crippen molar-refractivity contribution in [2.24, 2.45) is 0 Å². The van der Waals surface area contributed by atoms with Crippen molar-refractivity contribution in [2.45, 2.75) is 19.0 Å². The largest absolute Gasteiger partial charge is 0.492 e. The molecule has 0 bridgehead atoms. The third kappa shape index (κ3) is 4.76. The minimum absolute atomic E-state index is 0.289. The number of thioether (sulfide) groups is 1. The van der Waals surface area contributed by atoms with Crippen LogP contribution in [0.1, 0.15) is 11.1 Å². The minimum atomic E-state index is -0.289. The molecule has 8 heteroatoms. The molecular formula is C22H25FN4O2S. The second-order valence-corrected chi connectivity index (χ2v) is 8.23. The highest BCUT2D eigenvalue weighted by Gasteiger charge is 2.22. The highest BCUT2D eigenvalue weighted by Crippen LogP contribution is 2.28. The number of nitrogens with zero attached hydrogens (tertiary/aromatic N) is 4. The summed E-state index contributed by atoms with van der Waals surface area (Å²) in [5.41, 5.74) is 2.99. The van der Waals surface area contributed by atoms with Crippen molar-refractivity contribution < 1.29 is 13.9 Å². The van der Waals surface area contributed by atoms with Gasteiger partial charge in [0.2, 0.25) is 5.95 Å². The van der Waals surface area contributed by atoms with E-state index in [1.165, 1.54) is 17.7 Å². The molecule has 1 saturated heterocycles. The summed E-state index contributed by atoms with van der Waals surface area (Å²) in [5.74, 6) is 2.02. The third-order valence-corrected chi connectivity index (χ3v) is 5.79. The van der Waals surface area contributed by atoms with Crippen molar-refractivity contribution in [3.63, 3.8) is 0 Å². The summed E-state index contributed by atoms with van der Waals surface area (Å²) in [6, 6.07) is 12.7. The zero-order valence-corrected chi connectivity index (χ0v) is 18.0. The lowest BCUT2D eigenvalue weighted by Crippen LogP contribution is -2.37. The summed E-state index contributed by atoms with van der Waals surface area (Å²) in [7, 11) is 0. The summed E-state index contributed by atoms with van der Waals surface area (Å²) in [6.07, 6.45) is 0. The lowest BCUT2D eigenvalue weighted by Gasteiger charge is -2.27. The number of ether oxygens (including phenoxy) is 2. The minimum Gasteiger partial charge on any atom is -0.492 e. The molecule has 6 nitrogen and oxygen atoms in total. The molecule has 30 heavy (non-hydrogen) atoms. The van der Waals surface area contributed by atoms with Crippen molar-refractivity contribution in [1.29, 1.82) is 0 Å². The second-order valence-electron chi connectivity index (χ2n) is 7.16. The molecule has 0 amide bonds. The predicted molar refractivity (Wildman–Crippen MR) is 116 cm³/mol. The van der Waals surface area contributed by atoms with Crippen LogP contribution in [0.5, 0.6) is 5.75 Å². The molecule has 0 saturated carbocycles. The van der Waals surface area contributed by atoms with E-state index in [2.05, 4.69) is 34.2 Å². The maximum absolute atomic E-state index is 13.9. The summed E-state index contributed by atoms with van der Waals surface area (Å²) in [4.78, 5) is 2.12. The van der Waals surface area contributed by atoms with Crippen LogP contribution in [0.2, 0.25) is 0 Å². The summed E-state index contributed by atoms with van der Waals surface area (Å²) < 4.78 is 27.2. The van der Waals surface area contributed by atoms with Crippen LogP contribution in [0, 0.1) is 19.7 Å². The maximum atomic E-state index is 13.9. The van der Waals surface area contributed by atoms with Gasteiger partial charge in [0.15, 0.2) is 5.16 Å². The van der Waals surface area contributed by atoms with Crippen molar-refractivity contribution in [3.05, 3.63) is 59.4 Å². The van der Waals surface area contributed by atoms with Gasteiger partial charge < -0.3 is 14.4 Å². The zero-order chi connectivity index (χ0) is 20.9. The highest BCUT2D eigenvalue weighted by molar-refractivity contribution is 7.99. The molecule has 0 radical (unpaired) electrons. The molecule has 4 rings (SSSR count). The quantitative estimate of drug-likeness (QED) is 0.418. The van der Waals surface area contributed by atoms with Crippen LogP contribution in [-0.4, -0.2) is 53.4 Å². The molecular weight excluding hydrogens is 403 g/mol. The Kier molecular flexibility index (Phi) is 6.54. The molecule has 2 heterocycles. The standard InChI is InChI=1S/C22H25FN4O2S/c1-16-6-7-17(2)20(14-16)29-12-13-30-22-25-24-21(26-8-10-28-11-9-26)27(22)19-5-3-4-18(23)15-19/h3-7,14-15H,8-13H2,1-2H3. The van der Waals surface area contributed by atoms with E-state index in [9.17, 15) is 4.39 Å². The van der Waals surface area contributed by atoms with Crippen LogP contribution in [0.3, 0.4) is 0 Å². The normalized spacial score (nSPS) is 14.2. The Morgan fingerprint density at radius 3 is 2.73 bits per heavy atom. The van der Waals surface area contributed by atoms with Crippen molar-refractivity contribution >= 4 is 17.7 Å². The smallest absolute Gasteiger partial charge is 0.232 e. The van der Waals surface area contributed by atoms with Crippen LogP contribution in [0.25, 0.3) is 5.69 Å². The van der Waals surface area contributed by atoms with Crippen LogP contribution < -0.4 is 9.64 Å². The number of morpholine rings is 1. The Balaban J connectivity index is 1.51. The van der Waals surface area contributed by atoms with E-state index in [0.717, 1.165) is 24.4 Å². The fraction of sp³-hybridized carbons (Fsp3) is 0.364. The number of rotatable bonds is 7. The Hall–Kier alpha value is -2.58. The van der Waals surface area contributed by atoms with Gasteiger partial charge in [-0.25, -0.2) is 4.39 Å².